The van der Waals surface area contributed by atoms with Crippen LogP contribution in [0.25, 0.3) is 21.9 Å². The van der Waals surface area contributed by atoms with E-state index in [4.69, 9.17) is 4.98 Å². The van der Waals surface area contributed by atoms with Gasteiger partial charge in [0.1, 0.15) is 11.3 Å². The molecule has 2 N–H and O–H groups in total. The summed E-state index contributed by atoms with van der Waals surface area (Å²) in [6.45, 7) is 2.39. The Bertz CT molecular complexity index is 886. The zero-order valence-electron chi connectivity index (χ0n) is 12.3. The lowest BCUT2D eigenvalue weighted by molar-refractivity contribution is -0.884. The fourth-order valence-electron chi connectivity index (χ4n) is 3.36. The third kappa shape index (κ3) is 1.83. The third-order valence-corrected chi connectivity index (χ3v) is 4.40. The standard InChI is InChI=1S/C16H16N4O2/c1-10(21)19-8-3-5-14(19)16-17-12-6-7-13-11(15(12)18-16)4-2-9-20(13)22/h2,4,6-7,9,14,22H,3,5,8H2,1H3/p+1/t14-/m0/s1. The van der Waals surface area contributed by atoms with Crippen LogP contribution in [0.3, 0.4) is 0 Å². The summed E-state index contributed by atoms with van der Waals surface area (Å²) in [6, 6.07) is 7.51. The molecule has 6 nitrogen and oxygen atoms in total. The Morgan fingerprint density at radius 1 is 1.45 bits per heavy atom. The van der Waals surface area contributed by atoms with Crippen molar-refractivity contribution in [3.63, 3.8) is 0 Å². The minimum atomic E-state index is 0.0184. The number of fused-ring (bicyclic) bond motifs is 3. The first kappa shape index (κ1) is 13.1. The van der Waals surface area contributed by atoms with E-state index in [2.05, 4.69) is 4.98 Å². The lowest BCUT2D eigenvalue weighted by Gasteiger charge is -2.21. The van der Waals surface area contributed by atoms with E-state index in [1.165, 1.54) is 0 Å². The number of benzene rings is 1. The first-order valence-electron chi connectivity index (χ1n) is 7.44. The normalized spacial score (nSPS) is 18.4. The summed E-state index contributed by atoms with van der Waals surface area (Å²) in [5.41, 5.74) is 2.46. The largest absolute Gasteiger partial charge is 0.340 e. The maximum Gasteiger partial charge on any atom is 0.266 e. The smallest absolute Gasteiger partial charge is 0.266 e. The van der Waals surface area contributed by atoms with Crippen LogP contribution in [0.15, 0.2) is 30.5 Å². The second kappa shape index (κ2) is 4.69. The molecular weight excluding hydrogens is 280 g/mol. The topological polar surface area (TPSA) is 73.1 Å². The molecule has 1 fully saturated rings. The molecule has 0 spiro atoms. The van der Waals surface area contributed by atoms with Crippen molar-refractivity contribution in [1.29, 1.82) is 0 Å². The molecule has 1 aromatic carbocycles. The fraction of sp³-hybridized carbons (Fsp3) is 0.312. The number of carbonyl (C=O) groups excluding carboxylic acids is 1. The molecule has 4 rings (SSSR count). The van der Waals surface area contributed by atoms with Gasteiger partial charge in [0.2, 0.25) is 12.1 Å². The van der Waals surface area contributed by atoms with Crippen LogP contribution >= 0.6 is 0 Å². The van der Waals surface area contributed by atoms with Gasteiger partial charge < -0.3 is 9.88 Å². The van der Waals surface area contributed by atoms with Gasteiger partial charge in [0.15, 0.2) is 0 Å². The van der Waals surface area contributed by atoms with Gasteiger partial charge in [-0.2, -0.15) is 0 Å². The zero-order valence-corrected chi connectivity index (χ0v) is 12.3. The number of H-pyrrole nitrogens is 1. The van der Waals surface area contributed by atoms with E-state index in [1.54, 1.807) is 19.2 Å². The Labute approximate surface area is 127 Å². The summed E-state index contributed by atoms with van der Waals surface area (Å²) in [5, 5.41) is 10.8. The molecular formula is C16H17N4O2+. The zero-order chi connectivity index (χ0) is 15.3. The first-order chi connectivity index (χ1) is 10.6. The van der Waals surface area contributed by atoms with E-state index in [0.717, 1.165) is 46.4 Å². The highest BCUT2D eigenvalue weighted by atomic mass is 16.5. The summed E-state index contributed by atoms with van der Waals surface area (Å²) in [6.07, 6.45) is 3.52. The number of likely N-dealkylation sites (tertiary alicyclic amines) is 1. The lowest BCUT2D eigenvalue weighted by atomic mass is 10.2. The third-order valence-electron chi connectivity index (χ3n) is 4.40. The van der Waals surface area contributed by atoms with Crippen molar-refractivity contribution in [2.24, 2.45) is 0 Å². The molecule has 0 bridgehead atoms. The highest BCUT2D eigenvalue weighted by Crippen LogP contribution is 2.32. The van der Waals surface area contributed by atoms with Crippen molar-refractivity contribution in [1.82, 2.24) is 14.9 Å². The van der Waals surface area contributed by atoms with Gasteiger partial charge in [-0.25, -0.2) is 4.98 Å². The number of aromatic nitrogens is 3. The Kier molecular flexibility index (Phi) is 2.79. The summed E-state index contributed by atoms with van der Waals surface area (Å²) < 4.78 is 1.10. The van der Waals surface area contributed by atoms with Crippen LogP contribution in [0.2, 0.25) is 0 Å². The highest BCUT2D eigenvalue weighted by Gasteiger charge is 2.30. The average Bonchev–Trinajstić information content (AvgIpc) is 3.13. The summed E-state index contributed by atoms with van der Waals surface area (Å²) in [5.74, 6) is 0.907. The molecule has 6 heteroatoms. The van der Waals surface area contributed by atoms with Crippen molar-refractivity contribution in [2.75, 3.05) is 6.54 Å². The molecule has 0 aliphatic carbocycles. The molecule has 2 aromatic heterocycles. The van der Waals surface area contributed by atoms with Crippen molar-refractivity contribution in [2.45, 2.75) is 25.8 Å². The fourth-order valence-corrected chi connectivity index (χ4v) is 3.36. The molecule has 0 radical (unpaired) electrons. The van der Waals surface area contributed by atoms with Crippen LogP contribution in [-0.4, -0.2) is 32.5 Å². The molecule has 1 aliphatic heterocycles. The van der Waals surface area contributed by atoms with Gasteiger partial charge in [-0.3, -0.25) is 10.0 Å². The van der Waals surface area contributed by atoms with Gasteiger partial charge in [-0.15, -0.1) is 0 Å². The second-order valence-electron chi connectivity index (χ2n) is 5.74. The number of carbonyl (C=O) groups is 1. The second-order valence-corrected chi connectivity index (χ2v) is 5.74. The quantitative estimate of drug-likeness (QED) is 0.532. The molecule has 3 aromatic rings. The van der Waals surface area contributed by atoms with Crippen molar-refractivity contribution in [3.05, 3.63) is 36.3 Å². The minimum absolute atomic E-state index is 0.0184. The van der Waals surface area contributed by atoms with Crippen molar-refractivity contribution >= 4 is 27.8 Å². The van der Waals surface area contributed by atoms with Crippen LogP contribution in [0.5, 0.6) is 0 Å². The molecule has 0 saturated carbocycles. The molecule has 22 heavy (non-hydrogen) atoms. The molecule has 3 heterocycles. The number of imidazole rings is 1. The molecule has 1 atom stereocenters. The molecule has 1 aliphatic rings. The molecule has 1 saturated heterocycles. The summed E-state index contributed by atoms with van der Waals surface area (Å²) >= 11 is 0. The van der Waals surface area contributed by atoms with Crippen molar-refractivity contribution in [3.8, 4) is 0 Å². The van der Waals surface area contributed by atoms with E-state index < -0.39 is 0 Å². The predicted octanol–water partition coefficient (Wildman–Crippen LogP) is 1.92. The monoisotopic (exact) mass is 297 g/mol. The minimum Gasteiger partial charge on any atom is -0.340 e. The molecule has 1 amide bonds. The number of nitrogens with zero attached hydrogens (tertiary/aromatic N) is 3. The number of pyridine rings is 1. The maximum absolute atomic E-state index is 11.7. The number of aromatic amines is 1. The lowest BCUT2D eigenvalue weighted by Crippen LogP contribution is -2.29. The highest BCUT2D eigenvalue weighted by molar-refractivity contribution is 6.01. The van der Waals surface area contributed by atoms with Crippen LogP contribution in [0, 0.1) is 0 Å². The van der Waals surface area contributed by atoms with E-state index in [-0.39, 0.29) is 11.9 Å². The van der Waals surface area contributed by atoms with Gasteiger partial charge in [-0.1, -0.05) is 0 Å². The van der Waals surface area contributed by atoms with Crippen molar-refractivity contribution < 1.29 is 14.7 Å². The Balaban J connectivity index is 1.89. The van der Waals surface area contributed by atoms with E-state index in [0.29, 0.717) is 5.52 Å². The number of nitrogens with one attached hydrogen (secondary N) is 1. The SMILES string of the molecule is CC(=O)N1CCC[C@H]1c1nc2c(ccc3c2ccc[n+]3O)[nH]1. The summed E-state index contributed by atoms with van der Waals surface area (Å²) in [7, 11) is 0. The maximum atomic E-state index is 11.7. The number of hydrogen-bond donors (Lipinski definition) is 2. The van der Waals surface area contributed by atoms with Gasteiger partial charge in [0, 0.05) is 30.3 Å². The van der Waals surface area contributed by atoms with Gasteiger partial charge in [0.25, 0.3) is 5.52 Å². The molecule has 0 unspecified atom stereocenters. The van der Waals surface area contributed by atoms with Crippen LogP contribution in [0.1, 0.15) is 31.6 Å². The Hall–Kier alpha value is -2.63. The van der Waals surface area contributed by atoms with E-state index in [9.17, 15) is 10.0 Å². The van der Waals surface area contributed by atoms with Gasteiger partial charge in [-0.05, 0) is 25.0 Å². The Morgan fingerprint density at radius 3 is 3.14 bits per heavy atom. The van der Waals surface area contributed by atoms with Gasteiger partial charge in [0.05, 0.1) is 16.9 Å². The van der Waals surface area contributed by atoms with Crippen LogP contribution in [-0.2, 0) is 4.79 Å². The first-order valence-corrected chi connectivity index (χ1v) is 7.44. The molecule has 112 valence electrons. The number of rotatable bonds is 1. The van der Waals surface area contributed by atoms with Crippen LogP contribution in [0.4, 0.5) is 0 Å². The number of hydrogen-bond acceptors (Lipinski definition) is 3. The van der Waals surface area contributed by atoms with E-state index in [1.807, 2.05) is 23.1 Å². The van der Waals surface area contributed by atoms with Crippen LogP contribution < -0.4 is 4.73 Å². The summed E-state index contributed by atoms with van der Waals surface area (Å²) in [4.78, 5) is 21.7. The van der Waals surface area contributed by atoms with E-state index >= 15 is 0 Å². The predicted molar refractivity (Wildman–Crippen MR) is 80.3 cm³/mol. The Morgan fingerprint density at radius 2 is 2.32 bits per heavy atom. The number of amides is 1. The van der Waals surface area contributed by atoms with Gasteiger partial charge >= 0.3 is 0 Å². The average molecular weight is 297 g/mol.